The smallest absolute Gasteiger partial charge is 0.309 e. The number of carbonyl (C=O) groups is 2. The summed E-state index contributed by atoms with van der Waals surface area (Å²) in [7, 11) is 4.03. The van der Waals surface area contributed by atoms with Crippen molar-refractivity contribution in [2.45, 2.75) is 25.9 Å². The van der Waals surface area contributed by atoms with Gasteiger partial charge in [0.05, 0.1) is 6.04 Å². The van der Waals surface area contributed by atoms with Crippen molar-refractivity contribution < 1.29 is 9.59 Å². The molecule has 2 aromatic rings. The minimum Gasteiger partial charge on any atom is -0.378 e. The van der Waals surface area contributed by atoms with Crippen LogP contribution in [0.1, 0.15) is 29.7 Å². The highest BCUT2D eigenvalue weighted by molar-refractivity contribution is 6.35. The van der Waals surface area contributed by atoms with E-state index in [1.807, 2.05) is 14.1 Å². The Morgan fingerprint density at radius 1 is 1.00 bits per heavy atom. The summed E-state index contributed by atoms with van der Waals surface area (Å²) >= 11 is 0. The van der Waals surface area contributed by atoms with Gasteiger partial charge >= 0.3 is 11.8 Å². The molecule has 0 unspecified atom stereocenters. The van der Waals surface area contributed by atoms with Crippen molar-refractivity contribution in [3.63, 3.8) is 0 Å². The van der Waals surface area contributed by atoms with Crippen LogP contribution in [0, 0.1) is 0 Å². The highest BCUT2D eigenvalue weighted by Crippen LogP contribution is 2.28. The van der Waals surface area contributed by atoms with Gasteiger partial charge in [-0.3, -0.25) is 14.5 Å². The van der Waals surface area contributed by atoms with Crippen molar-refractivity contribution in [1.29, 1.82) is 0 Å². The molecule has 0 saturated heterocycles. The van der Waals surface area contributed by atoms with E-state index < -0.39 is 11.8 Å². The van der Waals surface area contributed by atoms with E-state index in [1.54, 1.807) is 6.92 Å². The lowest BCUT2D eigenvalue weighted by Crippen LogP contribution is -2.45. The second-order valence-electron chi connectivity index (χ2n) is 7.56. The van der Waals surface area contributed by atoms with Crippen molar-refractivity contribution in [2.24, 2.45) is 0 Å². The fourth-order valence-corrected chi connectivity index (χ4v) is 3.75. The summed E-state index contributed by atoms with van der Waals surface area (Å²) in [6.07, 6.45) is 0.979. The number of hydrogen-bond acceptors (Lipinski definition) is 4. The van der Waals surface area contributed by atoms with Crippen molar-refractivity contribution in [1.82, 2.24) is 15.5 Å². The third kappa shape index (κ3) is 5.15. The van der Waals surface area contributed by atoms with E-state index in [4.69, 9.17) is 0 Å². The normalized spacial score (nSPS) is 14.6. The summed E-state index contributed by atoms with van der Waals surface area (Å²) < 4.78 is 0. The highest BCUT2D eigenvalue weighted by Gasteiger charge is 2.26. The molecule has 0 saturated carbocycles. The summed E-state index contributed by atoms with van der Waals surface area (Å²) in [5.74, 6) is -1.17. The first-order chi connectivity index (χ1) is 14.0. The number of anilines is 1. The van der Waals surface area contributed by atoms with E-state index in [1.165, 1.54) is 11.1 Å². The standard InChI is InChI=1S/C23H30N4O2/c1-4-24-22(28)23(29)25-15-21(18-9-11-20(12-10-18)26(2)3)27-14-13-17-7-5-6-8-19(17)16-27/h5-12,21H,4,13-16H2,1-3H3,(H,24,28)(H,25,29)/t21-/m1/s1. The Morgan fingerprint density at radius 3 is 2.31 bits per heavy atom. The average molecular weight is 395 g/mol. The molecule has 1 aliphatic rings. The Balaban J connectivity index is 1.80. The summed E-state index contributed by atoms with van der Waals surface area (Å²) in [6, 6.07) is 16.9. The predicted molar refractivity (Wildman–Crippen MR) is 116 cm³/mol. The van der Waals surface area contributed by atoms with Crippen molar-refractivity contribution in [3.8, 4) is 0 Å². The van der Waals surface area contributed by atoms with Crippen LogP contribution in [0.15, 0.2) is 48.5 Å². The molecule has 6 nitrogen and oxygen atoms in total. The quantitative estimate of drug-likeness (QED) is 0.737. The maximum atomic E-state index is 12.1. The molecule has 1 atom stereocenters. The molecular formula is C23H30N4O2. The maximum absolute atomic E-state index is 12.1. The van der Waals surface area contributed by atoms with Crippen LogP contribution >= 0.6 is 0 Å². The second kappa shape index (κ2) is 9.56. The van der Waals surface area contributed by atoms with Gasteiger partial charge in [-0.15, -0.1) is 0 Å². The Kier molecular flexibility index (Phi) is 6.88. The van der Waals surface area contributed by atoms with Crippen LogP contribution in [0.4, 0.5) is 5.69 Å². The zero-order chi connectivity index (χ0) is 20.8. The molecule has 0 aromatic heterocycles. The van der Waals surface area contributed by atoms with Crippen molar-refractivity contribution >= 4 is 17.5 Å². The molecule has 3 rings (SSSR count). The number of hydrogen-bond donors (Lipinski definition) is 2. The minimum atomic E-state index is -0.585. The number of fused-ring (bicyclic) bond motifs is 1. The monoisotopic (exact) mass is 394 g/mol. The van der Waals surface area contributed by atoms with E-state index in [-0.39, 0.29) is 6.04 Å². The first kappa shape index (κ1) is 20.9. The molecule has 2 amide bonds. The van der Waals surface area contributed by atoms with E-state index >= 15 is 0 Å². The van der Waals surface area contributed by atoms with Gasteiger partial charge in [0.2, 0.25) is 0 Å². The lowest BCUT2D eigenvalue weighted by molar-refractivity contribution is -0.139. The van der Waals surface area contributed by atoms with Crippen molar-refractivity contribution in [3.05, 3.63) is 65.2 Å². The Hall–Kier alpha value is -2.86. The van der Waals surface area contributed by atoms with E-state index in [0.717, 1.165) is 30.8 Å². The zero-order valence-corrected chi connectivity index (χ0v) is 17.4. The molecule has 0 fully saturated rings. The molecule has 2 N–H and O–H groups in total. The topological polar surface area (TPSA) is 64.7 Å². The molecule has 1 heterocycles. The van der Waals surface area contributed by atoms with Gasteiger partial charge in [0, 0.05) is 46.0 Å². The molecule has 2 aromatic carbocycles. The molecular weight excluding hydrogens is 364 g/mol. The lowest BCUT2D eigenvalue weighted by atomic mass is 9.96. The molecule has 6 heteroatoms. The fourth-order valence-electron chi connectivity index (χ4n) is 3.75. The Bertz CT molecular complexity index is 848. The summed E-state index contributed by atoms with van der Waals surface area (Å²) in [6.45, 7) is 4.36. The Labute approximate surface area is 172 Å². The minimum absolute atomic E-state index is 0.00190. The number of carbonyl (C=O) groups excluding carboxylic acids is 2. The van der Waals surface area contributed by atoms with Crippen molar-refractivity contribution in [2.75, 3.05) is 38.6 Å². The molecule has 0 bridgehead atoms. The van der Waals surface area contributed by atoms with E-state index in [0.29, 0.717) is 13.1 Å². The van der Waals surface area contributed by atoms with Crippen LogP contribution in [0.5, 0.6) is 0 Å². The first-order valence-electron chi connectivity index (χ1n) is 10.1. The number of amides is 2. The number of benzene rings is 2. The molecule has 29 heavy (non-hydrogen) atoms. The third-order valence-electron chi connectivity index (χ3n) is 5.39. The van der Waals surface area contributed by atoms with Crippen LogP contribution in [0.25, 0.3) is 0 Å². The molecule has 0 aliphatic carbocycles. The largest absolute Gasteiger partial charge is 0.378 e. The SMILES string of the molecule is CCNC(=O)C(=O)NC[C@H](c1ccc(N(C)C)cc1)N1CCc2ccccc2C1. The first-order valence-corrected chi connectivity index (χ1v) is 10.1. The van der Waals surface area contributed by atoms with Gasteiger partial charge < -0.3 is 15.5 Å². The van der Waals surface area contributed by atoms with E-state index in [2.05, 4.69) is 69.0 Å². The molecule has 0 radical (unpaired) electrons. The van der Waals surface area contributed by atoms with Gasteiger partial charge in [-0.25, -0.2) is 0 Å². The number of nitrogens with zero attached hydrogens (tertiary/aromatic N) is 2. The number of nitrogens with one attached hydrogen (secondary N) is 2. The third-order valence-corrected chi connectivity index (χ3v) is 5.39. The van der Waals surface area contributed by atoms with Gasteiger partial charge in [0.1, 0.15) is 0 Å². The highest BCUT2D eigenvalue weighted by atomic mass is 16.2. The fraction of sp³-hybridized carbons (Fsp3) is 0.391. The van der Waals surface area contributed by atoms with Crippen LogP contribution < -0.4 is 15.5 Å². The lowest BCUT2D eigenvalue weighted by Gasteiger charge is -2.36. The average Bonchev–Trinajstić information content (AvgIpc) is 2.74. The van der Waals surface area contributed by atoms with Gasteiger partial charge in [-0.2, -0.15) is 0 Å². The van der Waals surface area contributed by atoms with Crippen LogP contribution in [-0.4, -0.2) is 50.4 Å². The van der Waals surface area contributed by atoms with Crippen LogP contribution in [0.2, 0.25) is 0 Å². The number of likely N-dealkylation sites (N-methyl/N-ethyl adjacent to an activating group) is 1. The Morgan fingerprint density at radius 2 is 1.66 bits per heavy atom. The van der Waals surface area contributed by atoms with Gasteiger partial charge in [-0.1, -0.05) is 36.4 Å². The van der Waals surface area contributed by atoms with Crippen LogP contribution in [0.3, 0.4) is 0 Å². The zero-order valence-electron chi connectivity index (χ0n) is 17.4. The second-order valence-corrected chi connectivity index (χ2v) is 7.56. The molecule has 0 spiro atoms. The number of rotatable bonds is 6. The van der Waals surface area contributed by atoms with E-state index in [9.17, 15) is 9.59 Å². The predicted octanol–water partition coefficient (Wildman–Crippen LogP) is 2.10. The summed E-state index contributed by atoms with van der Waals surface area (Å²) in [5, 5.41) is 5.37. The maximum Gasteiger partial charge on any atom is 0.309 e. The van der Waals surface area contributed by atoms with Gasteiger partial charge in [0.15, 0.2) is 0 Å². The summed E-state index contributed by atoms with van der Waals surface area (Å²) in [5.41, 5.74) is 4.97. The van der Waals surface area contributed by atoms with Gasteiger partial charge in [0.25, 0.3) is 0 Å². The van der Waals surface area contributed by atoms with Gasteiger partial charge in [-0.05, 0) is 42.2 Å². The summed E-state index contributed by atoms with van der Waals surface area (Å²) in [4.78, 5) is 28.4. The van der Waals surface area contributed by atoms with Crippen LogP contribution in [-0.2, 0) is 22.6 Å². The molecule has 154 valence electrons. The molecule has 1 aliphatic heterocycles.